The molecule has 2 aromatic carbocycles. The van der Waals surface area contributed by atoms with Gasteiger partial charge in [0, 0.05) is 60.5 Å². The van der Waals surface area contributed by atoms with Crippen LogP contribution in [-0.4, -0.2) is 89.5 Å². The molecule has 3 aromatic rings. The lowest BCUT2D eigenvalue weighted by Crippen LogP contribution is -2.48. The van der Waals surface area contributed by atoms with E-state index >= 15 is 0 Å². The Kier molecular flexibility index (Phi) is 7.18. The van der Waals surface area contributed by atoms with Gasteiger partial charge in [-0.1, -0.05) is 23.7 Å². The van der Waals surface area contributed by atoms with E-state index in [4.69, 9.17) is 21.1 Å². The number of aliphatic hydroxyl groups excluding tert-OH is 1. The number of ether oxygens (including phenoxy) is 2. The van der Waals surface area contributed by atoms with E-state index in [1.807, 2.05) is 41.3 Å². The molecule has 38 heavy (non-hydrogen) atoms. The van der Waals surface area contributed by atoms with Gasteiger partial charge in [-0.3, -0.25) is 19.7 Å². The lowest BCUT2D eigenvalue weighted by molar-refractivity contribution is -0.117. The Balaban J connectivity index is 1.24. The Morgan fingerprint density at radius 3 is 2.68 bits per heavy atom. The van der Waals surface area contributed by atoms with Gasteiger partial charge in [-0.2, -0.15) is 5.10 Å². The van der Waals surface area contributed by atoms with Crippen LogP contribution < -0.4 is 10.1 Å². The molecule has 0 amide bonds. The maximum Gasteiger partial charge on any atom is 0.175 e. The lowest BCUT2D eigenvalue weighted by atomic mass is 9.79. The van der Waals surface area contributed by atoms with Crippen LogP contribution in [0.4, 0.5) is 5.82 Å². The van der Waals surface area contributed by atoms with E-state index in [1.165, 1.54) is 0 Å². The summed E-state index contributed by atoms with van der Waals surface area (Å²) < 4.78 is 11.5. The topological polar surface area (TPSA) is 103 Å². The summed E-state index contributed by atoms with van der Waals surface area (Å²) in [6, 6.07) is 15.0. The molecule has 1 fully saturated rings. The zero-order valence-electron chi connectivity index (χ0n) is 20.9. The quantitative estimate of drug-likeness (QED) is 0.424. The summed E-state index contributed by atoms with van der Waals surface area (Å²) in [7, 11) is 0. The predicted octanol–water partition coefficient (Wildman–Crippen LogP) is 3.24. The van der Waals surface area contributed by atoms with Crippen LogP contribution in [-0.2, 0) is 9.53 Å². The predicted molar refractivity (Wildman–Crippen MR) is 144 cm³/mol. The molecule has 10 heteroatoms. The number of rotatable bonds is 7. The van der Waals surface area contributed by atoms with Crippen molar-refractivity contribution in [2.75, 3.05) is 57.8 Å². The summed E-state index contributed by atoms with van der Waals surface area (Å²) in [5.74, 6) is 1.90. The SMILES string of the molecule is O=C1CN(CC(O)CN2CCOCC2)CC2=C1C(c1cccc(Oc3ccc(Cl)cc3)c1)c1cn[nH]c1N2. The molecule has 0 aliphatic carbocycles. The van der Waals surface area contributed by atoms with E-state index < -0.39 is 6.10 Å². The van der Waals surface area contributed by atoms with E-state index in [-0.39, 0.29) is 18.2 Å². The summed E-state index contributed by atoms with van der Waals surface area (Å²) >= 11 is 6.01. The Morgan fingerprint density at radius 2 is 1.87 bits per heavy atom. The number of aromatic amines is 1. The van der Waals surface area contributed by atoms with Crippen molar-refractivity contribution in [2.45, 2.75) is 12.0 Å². The van der Waals surface area contributed by atoms with Gasteiger partial charge in [0.1, 0.15) is 17.3 Å². The number of carbonyl (C=O) groups excluding carboxylic acids is 1. The summed E-state index contributed by atoms with van der Waals surface area (Å²) in [6.45, 7) is 4.80. The van der Waals surface area contributed by atoms with Crippen LogP contribution in [0.3, 0.4) is 0 Å². The van der Waals surface area contributed by atoms with E-state index in [0.717, 1.165) is 41.3 Å². The number of nitrogens with one attached hydrogen (secondary N) is 2. The average molecular weight is 536 g/mol. The number of H-pyrrole nitrogens is 1. The second-order valence-corrected chi connectivity index (χ2v) is 10.4. The molecule has 2 atom stereocenters. The highest BCUT2D eigenvalue weighted by molar-refractivity contribution is 6.30. The molecule has 3 aliphatic rings. The first-order valence-corrected chi connectivity index (χ1v) is 13.2. The number of nitrogens with zero attached hydrogens (tertiary/aromatic N) is 3. The Bertz CT molecular complexity index is 1340. The van der Waals surface area contributed by atoms with Crippen LogP contribution in [0.25, 0.3) is 0 Å². The van der Waals surface area contributed by atoms with Gasteiger partial charge in [0.2, 0.25) is 0 Å². The molecule has 3 aliphatic heterocycles. The molecule has 0 radical (unpaired) electrons. The maximum absolute atomic E-state index is 13.6. The summed E-state index contributed by atoms with van der Waals surface area (Å²) in [5, 5.41) is 22.1. The normalized spacial score (nSPS) is 21.0. The van der Waals surface area contributed by atoms with Crippen LogP contribution in [0.1, 0.15) is 17.0 Å². The number of hydrogen-bond donors (Lipinski definition) is 3. The Labute approximate surface area is 226 Å². The van der Waals surface area contributed by atoms with Crippen LogP contribution >= 0.6 is 11.6 Å². The number of hydrogen-bond acceptors (Lipinski definition) is 8. The molecule has 1 saturated heterocycles. The van der Waals surface area contributed by atoms with Crippen molar-refractivity contribution in [1.29, 1.82) is 0 Å². The number of aromatic nitrogens is 2. The minimum atomic E-state index is -0.549. The van der Waals surface area contributed by atoms with Gasteiger partial charge in [0.05, 0.1) is 32.1 Å². The van der Waals surface area contributed by atoms with Gasteiger partial charge in [-0.15, -0.1) is 0 Å². The number of ketones is 1. The highest BCUT2D eigenvalue weighted by Crippen LogP contribution is 2.43. The lowest BCUT2D eigenvalue weighted by Gasteiger charge is -2.37. The fourth-order valence-corrected chi connectivity index (χ4v) is 5.62. The number of β-amino-alcohol motifs (C(OH)–C–C–N with tert-alkyl or cyclic N) is 1. The highest BCUT2D eigenvalue weighted by atomic mass is 35.5. The van der Waals surface area contributed by atoms with E-state index in [2.05, 4.69) is 20.4 Å². The zero-order chi connectivity index (χ0) is 26.1. The number of fused-ring (bicyclic) bond motifs is 1. The fourth-order valence-electron chi connectivity index (χ4n) is 5.49. The summed E-state index contributed by atoms with van der Waals surface area (Å²) in [6.07, 6.45) is 1.22. The van der Waals surface area contributed by atoms with Crippen LogP contribution in [0.2, 0.25) is 5.02 Å². The molecule has 0 saturated carbocycles. The molecule has 0 bridgehead atoms. The molecule has 1 aromatic heterocycles. The second kappa shape index (κ2) is 10.9. The van der Waals surface area contributed by atoms with Gasteiger partial charge in [-0.25, -0.2) is 0 Å². The summed E-state index contributed by atoms with van der Waals surface area (Å²) in [4.78, 5) is 17.8. The third-order valence-electron chi connectivity index (χ3n) is 7.20. The first-order valence-electron chi connectivity index (χ1n) is 12.8. The number of halogens is 1. The van der Waals surface area contributed by atoms with Crippen molar-refractivity contribution in [3.8, 4) is 11.5 Å². The van der Waals surface area contributed by atoms with Gasteiger partial charge in [0.25, 0.3) is 0 Å². The number of benzene rings is 2. The molecule has 6 rings (SSSR count). The summed E-state index contributed by atoms with van der Waals surface area (Å²) in [5.41, 5.74) is 3.44. The van der Waals surface area contributed by atoms with E-state index in [1.54, 1.807) is 18.3 Å². The number of carbonyl (C=O) groups is 1. The van der Waals surface area contributed by atoms with Crippen molar-refractivity contribution >= 4 is 23.2 Å². The van der Waals surface area contributed by atoms with Crippen LogP contribution in [0.5, 0.6) is 11.5 Å². The van der Waals surface area contributed by atoms with Crippen molar-refractivity contribution in [2.24, 2.45) is 0 Å². The molecule has 2 unspecified atom stereocenters. The van der Waals surface area contributed by atoms with Gasteiger partial charge >= 0.3 is 0 Å². The van der Waals surface area contributed by atoms with Crippen molar-refractivity contribution in [1.82, 2.24) is 20.0 Å². The second-order valence-electron chi connectivity index (χ2n) is 9.94. The maximum atomic E-state index is 13.6. The molecule has 9 nitrogen and oxygen atoms in total. The largest absolute Gasteiger partial charge is 0.457 e. The Hall–Kier alpha value is -3.21. The zero-order valence-corrected chi connectivity index (χ0v) is 21.7. The van der Waals surface area contributed by atoms with Crippen LogP contribution in [0, 0.1) is 0 Å². The Morgan fingerprint density at radius 1 is 1.08 bits per heavy atom. The van der Waals surface area contributed by atoms with Gasteiger partial charge in [0.15, 0.2) is 5.78 Å². The molecule has 198 valence electrons. The van der Waals surface area contributed by atoms with Crippen molar-refractivity contribution in [3.05, 3.63) is 82.1 Å². The average Bonchev–Trinajstić information content (AvgIpc) is 3.38. The minimum absolute atomic E-state index is 0.0400. The minimum Gasteiger partial charge on any atom is -0.457 e. The first kappa shape index (κ1) is 25.1. The monoisotopic (exact) mass is 535 g/mol. The molecule has 3 N–H and O–H groups in total. The fraction of sp³-hybridized carbons (Fsp3) is 0.357. The number of anilines is 1. The van der Waals surface area contributed by atoms with Crippen molar-refractivity contribution < 1.29 is 19.4 Å². The molecule has 4 heterocycles. The number of Topliss-reactive ketones (excluding diaryl/α,β-unsaturated/α-hetero) is 1. The smallest absolute Gasteiger partial charge is 0.175 e. The van der Waals surface area contributed by atoms with Gasteiger partial charge in [-0.05, 0) is 42.0 Å². The highest BCUT2D eigenvalue weighted by Gasteiger charge is 2.38. The molecule has 0 spiro atoms. The standard InChI is InChI=1S/C28H30ClN5O4/c29-19-4-6-21(7-5-19)38-22-3-1-2-18(12-22)26-23-13-30-32-28(23)31-24-16-34(17-25(36)27(24)26)15-20(35)14-33-8-10-37-11-9-33/h1-7,12-13,20,26,35H,8-11,14-17H2,(H2,30,31,32). The number of morpholine rings is 1. The number of aliphatic hydroxyl groups is 1. The first-order chi connectivity index (χ1) is 18.5. The van der Waals surface area contributed by atoms with Crippen molar-refractivity contribution in [3.63, 3.8) is 0 Å². The molecular formula is C28H30ClN5O4. The van der Waals surface area contributed by atoms with Gasteiger partial charge < -0.3 is 19.9 Å². The third kappa shape index (κ3) is 5.34. The van der Waals surface area contributed by atoms with Crippen LogP contribution in [0.15, 0.2) is 66.0 Å². The van der Waals surface area contributed by atoms with E-state index in [0.29, 0.717) is 49.4 Å². The van der Waals surface area contributed by atoms with E-state index in [9.17, 15) is 9.90 Å². The third-order valence-corrected chi connectivity index (χ3v) is 7.45. The molecular weight excluding hydrogens is 506 g/mol.